The lowest BCUT2D eigenvalue weighted by atomic mass is 10.0. The van der Waals surface area contributed by atoms with E-state index < -0.39 is 15.1 Å². The molecule has 1 unspecified atom stereocenters. The van der Waals surface area contributed by atoms with Gasteiger partial charge in [0, 0.05) is 12.1 Å². The number of piperidine rings is 1. The normalized spacial score (nSPS) is 18.0. The van der Waals surface area contributed by atoms with Gasteiger partial charge >= 0.3 is 10.2 Å². The predicted octanol–water partition coefficient (Wildman–Crippen LogP) is 3.85. The van der Waals surface area contributed by atoms with Crippen molar-refractivity contribution < 1.29 is 21.5 Å². The SMILES string of the molecule is O=C(c1ccc(S(=O)(=O)F)cc1)N1CCCCC1c1nc2ccccc2o1. The molecular weight excluding hydrogens is 371 g/mol. The smallest absolute Gasteiger partial charge is 0.332 e. The van der Waals surface area contributed by atoms with Gasteiger partial charge in [-0.1, -0.05) is 12.1 Å². The molecule has 1 aromatic heterocycles. The van der Waals surface area contributed by atoms with Gasteiger partial charge in [0.25, 0.3) is 5.91 Å². The summed E-state index contributed by atoms with van der Waals surface area (Å²) in [4.78, 5) is 18.7. The average molecular weight is 388 g/mol. The maximum Gasteiger partial charge on any atom is 0.332 e. The van der Waals surface area contributed by atoms with Gasteiger partial charge in [0.15, 0.2) is 5.58 Å². The van der Waals surface area contributed by atoms with Crippen molar-refractivity contribution in [3.8, 4) is 0 Å². The largest absolute Gasteiger partial charge is 0.438 e. The first-order valence-electron chi connectivity index (χ1n) is 8.65. The number of hydrogen-bond acceptors (Lipinski definition) is 5. The fraction of sp³-hybridized carbons (Fsp3) is 0.263. The lowest BCUT2D eigenvalue weighted by Gasteiger charge is -2.33. The molecule has 27 heavy (non-hydrogen) atoms. The van der Waals surface area contributed by atoms with E-state index in [2.05, 4.69) is 4.98 Å². The Morgan fingerprint density at radius 1 is 1.11 bits per heavy atom. The number of oxazole rings is 1. The zero-order valence-corrected chi connectivity index (χ0v) is 15.2. The zero-order chi connectivity index (χ0) is 19.0. The Balaban J connectivity index is 1.64. The number of nitrogens with zero attached hydrogens (tertiary/aromatic N) is 2. The zero-order valence-electron chi connectivity index (χ0n) is 14.3. The van der Waals surface area contributed by atoms with E-state index in [1.54, 1.807) is 4.90 Å². The first kappa shape index (κ1) is 17.7. The molecule has 0 spiro atoms. The van der Waals surface area contributed by atoms with Gasteiger partial charge in [-0.3, -0.25) is 4.79 Å². The fourth-order valence-electron chi connectivity index (χ4n) is 3.39. The monoisotopic (exact) mass is 388 g/mol. The second kappa shape index (κ2) is 6.77. The third-order valence-corrected chi connectivity index (χ3v) is 5.58. The van der Waals surface area contributed by atoms with E-state index in [0.29, 0.717) is 23.6 Å². The van der Waals surface area contributed by atoms with Gasteiger partial charge in [-0.2, -0.15) is 8.42 Å². The number of carbonyl (C=O) groups excluding carboxylic acids is 1. The van der Waals surface area contributed by atoms with Crippen LogP contribution in [-0.4, -0.2) is 30.8 Å². The summed E-state index contributed by atoms with van der Waals surface area (Å²) in [5.74, 6) is 0.233. The standard InChI is InChI=1S/C19H17FN2O4S/c20-27(24,25)14-10-8-13(9-11-14)19(23)22-12-4-3-6-16(22)18-21-15-5-1-2-7-17(15)26-18/h1-2,5,7-11,16H,3-4,6,12H2. The summed E-state index contributed by atoms with van der Waals surface area (Å²) in [5, 5.41) is 0. The van der Waals surface area contributed by atoms with Gasteiger partial charge in [-0.15, -0.1) is 3.89 Å². The van der Waals surface area contributed by atoms with Crippen molar-refractivity contribution in [1.82, 2.24) is 9.88 Å². The number of fused-ring (bicyclic) bond motifs is 1. The summed E-state index contributed by atoms with van der Waals surface area (Å²) in [6.45, 7) is 0.547. The van der Waals surface area contributed by atoms with Crippen molar-refractivity contribution in [2.75, 3.05) is 6.54 Å². The summed E-state index contributed by atoms with van der Waals surface area (Å²) in [5.41, 5.74) is 1.70. The van der Waals surface area contributed by atoms with E-state index in [0.717, 1.165) is 36.9 Å². The van der Waals surface area contributed by atoms with Crippen LogP contribution < -0.4 is 0 Å². The minimum atomic E-state index is -4.79. The van der Waals surface area contributed by atoms with Gasteiger partial charge in [0.2, 0.25) is 5.89 Å². The highest BCUT2D eigenvalue weighted by atomic mass is 32.3. The lowest BCUT2D eigenvalue weighted by molar-refractivity contribution is 0.0574. The third-order valence-electron chi connectivity index (χ3n) is 4.74. The molecule has 4 rings (SSSR count). The fourth-order valence-corrected chi connectivity index (χ4v) is 3.85. The van der Waals surface area contributed by atoms with Crippen LogP contribution in [-0.2, 0) is 10.2 Å². The van der Waals surface area contributed by atoms with Gasteiger partial charge in [-0.25, -0.2) is 4.98 Å². The Labute approximate surface area is 155 Å². The number of likely N-dealkylation sites (tertiary alicyclic amines) is 1. The minimum Gasteiger partial charge on any atom is -0.438 e. The third kappa shape index (κ3) is 3.44. The van der Waals surface area contributed by atoms with Crippen molar-refractivity contribution in [2.24, 2.45) is 0 Å². The number of para-hydroxylation sites is 2. The Morgan fingerprint density at radius 3 is 2.56 bits per heavy atom. The van der Waals surface area contributed by atoms with Gasteiger partial charge in [-0.05, 0) is 55.7 Å². The number of amides is 1. The molecule has 1 atom stereocenters. The van der Waals surface area contributed by atoms with Crippen LogP contribution in [0.5, 0.6) is 0 Å². The molecule has 0 N–H and O–H groups in total. The molecule has 1 amide bonds. The van der Waals surface area contributed by atoms with Gasteiger partial charge in [0.1, 0.15) is 11.6 Å². The second-order valence-corrected chi connectivity index (χ2v) is 7.84. The van der Waals surface area contributed by atoms with Crippen LogP contribution in [0.25, 0.3) is 11.1 Å². The molecule has 0 bridgehead atoms. The van der Waals surface area contributed by atoms with Crippen LogP contribution in [0.2, 0.25) is 0 Å². The highest BCUT2D eigenvalue weighted by Gasteiger charge is 2.32. The number of halogens is 1. The maximum absolute atomic E-state index is 13.0. The lowest BCUT2D eigenvalue weighted by Crippen LogP contribution is -2.38. The Hall–Kier alpha value is -2.74. The quantitative estimate of drug-likeness (QED) is 0.637. The van der Waals surface area contributed by atoms with E-state index in [-0.39, 0.29) is 11.9 Å². The predicted molar refractivity (Wildman–Crippen MR) is 96.4 cm³/mol. The second-order valence-electron chi connectivity index (χ2n) is 6.49. The molecule has 1 aliphatic rings. The van der Waals surface area contributed by atoms with Crippen molar-refractivity contribution >= 4 is 27.2 Å². The van der Waals surface area contributed by atoms with E-state index in [1.165, 1.54) is 12.1 Å². The summed E-state index contributed by atoms with van der Waals surface area (Å²) in [7, 11) is -4.79. The topological polar surface area (TPSA) is 80.5 Å². The molecule has 8 heteroatoms. The summed E-state index contributed by atoms with van der Waals surface area (Å²) < 4.78 is 40.8. The molecule has 1 fully saturated rings. The van der Waals surface area contributed by atoms with Crippen molar-refractivity contribution in [2.45, 2.75) is 30.2 Å². The molecule has 0 aliphatic carbocycles. The number of rotatable bonds is 3. The Bertz CT molecular complexity index is 1060. The van der Waals surface area contributed by atoms with E-state index in [9.17, 15) is 17.1 Å². The number of aromatic nitrogens is 1. The van der Waals surface area contributed by atoms with E-state index >= 15 is 0 Å². The summed E-state index contributed by atoms with van der Waals surface area (Å²) in [6, 6.07) is 12.0. The highest BCUT2D eigenvalue weighted by Crippen LogP contribution is 2.33. The summed E-state index contributed by atoms with van der Waals surface area (Å²) in [6.07, 6.45) is 2.54. The van der Waals surface area contributed by atoms with Crippen LogP contribution in [0.1, 0.15) is 41.6 Å². The molecule has 0 saturated carbocycles. The molecule has 6 nitrogen and oxygen atoms in total. The van der Waals surface area contributed by atoms with Crippen LogP contribution >= 0.6 is 0 Å². The average Bonchev–Trinajstić information content (AvgIpc) is 3.11. The van der Waals surface area contributed by atoms with Crippen LogP contribution in [0.15, 0.2) is 57.8 Å². The highest BCUT2D eigenvalue weighted by molar-refractivity contribution is 7.86. The molecule has 2 aromatic carbocycles. The molecular formula is C19H17FN2O4S. The maximum atomic E-state index is 13.0. The molecule has 140 valence electrons. The molecule has 3 aromatic rings. The molecule has 2 heterocycles. The van der Waals surface area contributed by atoms with Crippen molar-refractivity contribution in [3.05, 3.63) is 60.0 Å². The van der Waals surface area contributed by atoms with Crippen molar-refractivity contribution in [1.29, 1.82) is 0 Å². The van der Waals surface area contributed by atoms with Gasteiger partial charge < -0.3 is 9.32 Å². The molecule has 0 radical (unpaired) electrons. The van der Waals surface area contributed by atoms with Crippen LogP contribution in [0.3, 0.4) is 0 Å². The number of hydrogen-bond donors (Lipinski definition) is 0. The Kier molecular flexibility index (Phi) is 4.43. The van der Waals surface area contributed by atoms with Crippen molar-refractivity contribution in [3.63, 3.8) is 0 Å². The minimum absolute atomic E-state index is 0.259. The molecule has 1 saturated heterocycles. The number of carbonyl (C=O) groups is 1. The Morgan fingerprint density at radius 2 is 1.85 bits per heavy atom. The first-order chi connectivity index (χ1) is 12.9. The van der Waals surface area contributed by atoms with E-state index in [1.807, 2.05) is 24.3 Å². The van der Waals surface area contributed by atoms with Crippen LogP contribution in [0, 0.1) is 0 Å². The molecule has 1 aliphatic heterocycles. The summed E-state index contributed by atoms with van der Waals surface area (Å²) >= 11 is 0. The van der Waals surface area contributed by atoms with E-state index in [4.69, 9.17) is 4.42 Å². The van der Waals surface area contributed by atoms with Crippen LogP contribution in [0.4, 0.5) is 3.89 Å². The number of benzene rings is 2. The first-order valence-corrected chi connectivity index (χ1v) is 10.0. The van der Waals surface area contributed by atoms with Gasteiger partial charge in [0.05, 0.1) is 4.90 Å².